The zero-order valence-corrected chi connectivity index (χ0v) is 7.00. The SMILES string of the molecule is Cc1ccc(C(=O)C(C)C#N)o1. The van der Waals surface area contributed by atoms with Crippen LogP contribution in [0.25, 0.3) is 0 Å². The molecule has 0 saturated heterocycles. The number of Topliss-reactive ketones (excluding diaryl/α,β-unsaturated/α-hetero) is 1. The van der Waals surface area contributed by atoms with E-state index in [0.29, 0.717) is 5.76 Å². The number of carbonyl (C=O) groups is 1. The highest BCUT2D eigenvalue weighted by Crippen LogP contribution is 2.11. The number of aryl methyl sites for hydroxylation is 1. The summed E-state index contributed by atoms with van der Waals surface area (Å²) in [5.41, 5.74) is 0. The van der Waals surface area contributed by atoms with E-state index in [1.807, 2.05) is 6.07 Å². The van der Waals surface area contributed by atoms with Crippen molar-refractivity contribution in [2.45, 2.75) is 13.8 Å². The molecule has 0 bridgehead atoms. The maximum Gasteiger partial charge on any atom is 0.214 e. The molecule has 0 aliphatic carbocycles. The van der Waals surface area contributed by atoms with Crippen LogP contribution in [-0.4, -0.2) is 5.78 Å². The fraction of sp³-hybridized carbons (Fsp3) is 0.333. The smallest absolute Gasteiger partial charge is 0.214 e. The van der Waals surface area contributed by atoms with Crippen molar-refractivity contribution in [3.63, 3.8) is 0 Å². The quantitative estimate of drug-likeness (QED) is 0.626. The second-order valence-electron chi connectivity index (χ2n) is 2.63. The zero-order chi connectivity index (χ0) is 9.14. The first-order valence-corrected chi connectivity index (χ1v) is 3.65. The molecule has 0 saturated carbocycles. The Labute approximate surface area is 70.6 Å². The van der Waals surface area contributed by atoms with Gasteiger partial charge in [-0.05, 0) is 26.0 Å². The Balaban J connectivity index is 2.87. The van der Waals surface area contributed by atoms with Crippen LogP contribution in [0.15, 0.2) is 16.5 Å². The van der Waals surface area contributed by atoms with Gasteiger partial charge >= 0.3 is 0 Å². The molecular formula is C9H9NO2. The standard InChI is InChI=1S/C9H9NO2/c1-6(5-10)9(11)8-4-3-7(2)12-8/h3-4,6H,1-2H3. The van der Waals surface area contributed by atoms with Crippen molar-refractivity contribution in [1.29, 1.82) is 5.26 Å². The average molecular weight is 163 g/mol. The lowest BCUT2D eigenvalue weighted by Gasteiger charge is -1.95. The molecule has 12 heavy (non-hydrogen) atoms. The molecule has 0 amide bonds. The monoisotopic (exact) mass is 163 g/mol. The van der Waals surface area contributed by atoms with Gasteiger partial charge in [0.05, 0.1) is 6.07 Å². The molecule has 0 radical (unpaired) electrons. The largest absolute Gasteiger partial charge is 0.458 e. The van der Waals surface area contributed by atoms with Crippen LogP contribution in [0, 0.1) is 24.2 Å². The second kappa shape index (κ2) is 3.22. The molecule has 1 aromatic rings. The normalized spacial score (nSPS) is 12.1. The highest BCUT2D eigenvalue weighted by atomic mass is 16.3. The van der Waals surface area contributed by atoms with E-state index >= 15 is 0 Å². The first-order valence-electron chi connectivity index (χ1n) is 3.65. The van der Waals surface area contributed by atoms with Crippen molar-refractivity contribution in [2.24, 2.45) is 5.92 Å². The molecule has 0 N–H and O–H groups in total. The Morgan fingerprint density at radius 3 is 2.75 bits per heavy atom. The van der Waals surface area contributed by atoms with E-state index in [2.05, 4.69) is 0 Å². The summed E-state index contributed by atoms with van der Waals surface area (Å²) in [6.07, 6.45) is 0. The fourth-order valence-corrected chi connectivity index (χ4v) is 0.839. The van der Waals surface area contributed by atoms with E-state index in [-0.39, 0.29) is 11.5 Å². The van der Waals surface area contributed by atoms with Crippen LogP contribution in [0.5, 0.6) is 0 Å². The van der Waals surface area contributed by atoms with Crippen molar-refractivity contribution in [3.8, 4) is 6.07 Å². The Morgan fingerprint density at radius 2 is 2.33 bits per heavy atom. The highest BCUT2D eigenvalue weighted by Gasteiger charge is 2.17. The van der Waals surface area contributed by atoms with Crippen LogP contribution in [0.2, 0.25) is 0 Å². The number of ketones is 1. The number of nitriles is 1. The van der Waals surface area contributed by atoms with E-state index in [4.69, 9.17) is 9.68 Å². The molecule has 1 aromatic heterocycles. The number of furan rings is 1. The fourth-order valence-electron chi connectivity index (χ4n) is 0.839. The molecule has 0 aromatic carbocycles. The summed E-state index contributed by atoms with van der Waals surface area (Å²) >= 11 is 0. The zero-order valence-electron chi connectivity index (χ0n) is 7.00. The maximum absolute atomic E-state index is 11.3. The summed E-state index contributed by atoms with van der Waals surface area (Å²) in [5, 5.41) is 8.46. The molecule has 0 spiro atoms. The van der Waals surface area contributed by atoms with Gasteiger partial charge in [-0.1, -0.05) is 0 Å². The highest BCUT2D eigenvalue weighted by molar-refractivity contribution is 5.96. The molecule has 0 aliphatic heterocycles. The molecule has 3 heteroatoms. The lowest BCUT2D eigenvalue weighted by molar-refractivity contribution is 0.0927. The number of rotatable bonds is 2. The van der Waals surface area contributed by atoms with E-state index in [1.54, 1.807) is 26.0 Å². The Kier molecular flexibility index (Phi) is 2.29. The lowest BCUT2D eigenvalue weighted by atomic mass is 10.1. The minimum atomic E-state index is -0.629. The van der Waals surface area contributed by atoms with Crippen molar-refractivity contribution in [3.05, 3.63) is 23.7 Å². The predicted molar refractivity (Wildman–Crippen MR) is 42.6 cm³/mol. The van der Waals surface area contributed by atoms with Gasteiger partial charge in [-0.2, -0.15) is 5.26 Å². The third-order valence-electron chi connectivity index (χ3n) is 1.57. The van der Waals surface area contributed by atoms with Gasteiger partial charge in [-0.15, -0.1) is 0 Å². The first kappa shape index (κ1) is 8.54. The summed E-state index contributed by atoms with van der Waals surface area (Å²) in [7, 11) is 0. The average Bonchev–Trinajstić information content (AvgIpc) is 2.49. The molecule has 0 aliphatic rings. The van der Waals surface area contributed by atoms with E-state index < -0.39 is 5.92 Å². The number of hydrogen-bond donors (Lipinski definition) is 0. The Hall–Kier alpha value is -1.56. The van der Waals surface area contributed by atoms with Crippen LogP contribution < -0.4 is 0 Å². The summed E-state index contributed by atoms with van der Waals surface area (Å²) in [5.74, 6) is 0.0613. The third-order valence-corrected chi connectivity index (χ3v) is 1.57. The lowest BCUT2D eigenvalue weighted by Crippen LogP contribution is -2.07. The number of hydrogen-bond acceptors (Lipinski definition) is 3. The van der Waals surface area contributed by atoms with E-state index in [9.17, 15) is 4.79 Å². The molecule has 1 heterocycles. The molecular weight excluding hydrogens is 154 g/mol. The van der Waals surface area contributed by atoms with Gasteiger partial charge in [-0.3, -0.25) is 4.79 Å². The maximum atomic E-state index is 11.3. The minimum absolute atomic E-state index is 0.259. The summed E-state index contributed by atoms with van der Waals surface area (Å²) in [4.78, 5) is 11.3. The third kappa shape index (κ3) is 1.54. The molecule has 1 unspecified atom stereocenters. The summed E-state index contributed by atoms with van der Waals surface area (Å²) in [6.45, 7) is 3.31. The van der Waals surface area contributed by atoms with Gasteiger partial charge in [-0.25, -0.2) is 0 Å². The second-order valence-corrected chi connectivity index (χ2v) is 2.63. The Morgan fingerprint density at radius 1 is 1.67 bits per heavy atom. The van der Waals surface area contributed by atoms with Crippen molar-refractivity contribution in [2.75, 3.05) is 0 Å². The van der Waals surface area contributed by atoms with Crippen molar-refractivity contribution in [1.82, 2.24) is 0 Å². The van der Waals surface area contributed by atoms with Crippen LogP contribution in [0.1, 0.15) is 23.2 Å². The number of carbonyl (C=O) groups excluding carboxylic acids is 1. The van der Waals surface area contributed by atoms with E-state index in [1.165, 1.54) is 0 Å². The molecule has 3 nitrogen and oxygen atoms in total. The molecule has 0 fully saturated rings. The summed E-state index contributed by atoms with van der Waals surface area (Å²) in [6, 6.07) is 5.16. The van der Waals surface area contributed by atoms with Crippen LogP contribution in [0.4, 0.5) is 0 Å². The van der Waals surface area contributed by atoms with Crippen LogP contribution in [-0.2, 0) is 0 Å². The minimum Gasteiger partial charge on any atom is -0.458 e. The van der Waals surface area contributed by atoms with Crippen molar-refractivity contribution < 1.29 is 9.21 Å². The Bertz CT molecular complexity index is 333. The van der Waals surface area contributed by atoms with Gasteiger partial charge in [0, 0.05) is 0 Å². The first-order chi connectivity index (χ1) is 5.65. The van der Waals surface area contributed by atoms with Gasteiger partial charge in [0.1, 0.15) is 11.7 Å². The predicted octanol–water partition coefficient (Wildman–Crippen LogP) is 1.93. The van der Waals surface area contributed by atoms with Gasteiger partial charge in [0.25, 0.3) is 0 Å². The van der Waals surface area contributed by atoms with E-state index in [0.717, 1.165) is 0 Å². The molecule has 1 rings (SSSR count). The van der Waals surface area contributed by atoms with Gasteiger partial charge in [0.2, 0.25) is 5.78 Å². The number of nitrogens with zero attached hydrogens (tertiary/aromatic N) is 1. The summed E-state index contributed by atoms with van der Waals surface area (Å²) < 4.78 is 5.07. The van der Waals surface area contributed by atoms with Crippen LogP contribution >= 0.6 is 0 Å². The van der Waals surface area contributed by atoms with Crippen molar-refractivity contribution >= 4 is 5.78 Å². The van der Waals surface area contributed by atoms with Crippen LogP contribution in [0.3, 0.4) is 0 Å². The molecule has 1 atom stereocenters. The van der Waals surface area contributed by atoms with Gasteiger partial charge < -0.3 is 4.42 Å². The van der Waals surface area contributed by atoms with Gasteiger partial charge in [0.15, 0.2) is 5.76 Å². The topological polar surface area (TPSA) is 54.0 Å². The molecule has 62 valence electrons.